The van der Waals surface area contributed by atoms with Gasteiger partial charge in [-0.05, 0) is 32.9 Å². The lowest BCUT2D eigenvalue weighted by Crippen LogP contribution is -2.46. The van der Waals surface area contributed by atoms with E-state index in [2.05, 4.69) is 0 Å². The van der Waals surface area contributed by atoms with E-state index in [1.54, 1.807) is 18.9 Å². The number of esters is 1. The number of methoxy groups -OCH3 is 1. The molecule has 0 atom stereocenters. The molecule has 1 aromatic heterocycles. The summed E-state index contributed by atoms with van der Waals surface area (Å²) in [6, 6.07) is 3.73. The average Bonchev–Trinajstić information content (AvgIpc) is 3.05. The Morgan fingerprint density at radius 3 is 2.43 bits per heavy atom. The van der Waals surface area contributed by atoms with Gasteiger partial charge in [-0.2, -0.15) is 0 Å². The summed E-state index contributed by atoms with van der Waals surface area (Å²) in [5.74, 6) is -0.797. The summed E-state index contributed by atoms with van der Waals surface area (Å²) in [6.07, 6.45) is 1.97. The molecule has 0 aliphatic heterocycles. The lowest BCUT2D eigenvalue weighted by Gasteiger charge is -2.30. The third-order valence-electron chi connectivity index (χ3n) is 4.42. The van der Waals surface area contributed by atoms with Crippen LogP contribution in [-0.2, 0) is 37.4 Å². The van der Waals surface area contributed by atoms with E-state index in [-0.39, 0.29) is 43.8 Å². The van der Waals surface area contributed by atoms with E-state index < -0.39 is 5.97 Å². The summed E-state index contributed by atoms with van der Waals surface area (Å²) in [5, 5.41) is 0. The van der Waals surface area contributed by atoms with Crippen LogP contribution >= 0.6 is 0 Å². The molecule has 0 aromatic carbocycles. The van der Waals surface area contributed by atoms with E-state index in [9.17, 15) is 14.4 Å². The van der Waals surface area contributed by atoms with Gasteiger partial charge in [0.05, 0.1) is 32.7 Å². The highest BCUT2D eigenvalue weighted by molar-refractivity contribution is 5.86. The van der Waals surface area contributed by atoms with E-state index in [4.69, 9.17) is 9.47 Å². The summed E-state index contributed by atoms with van der Waals surface area (Å²) in [7, 11) is 3.51. The Kier molecular flexibility index (Phi) is 10.3. The molecule has 1 rings (SSSR count). The molecule has 8 nitrogen and oxygen atoms in total. The predicted molar refractivity (Wildman–Crippen MR) is 105 cm³/mol. The molecular formula is C20H33N3O5. The first-order valence-corrected chi connectivity index (χ1v) is 9.62. The quantitative estimate of drug-likeness (QED) is 0.502. The van der Waals surface area contributed by atoms with Crippen LogP contribution in [0.4, 0.5) is 0 Å². The second-order valence-corrected chi connectivity index (χ2v) is 6.84. The van der Waals surface area contributed by atoms with Crippen LogP contribution in [0, 0.1) is 0 Å². The molecule has 28 heavy (non-hydrogen) atoms. The minimum atomic E-state index is -0.406. The smallest absolute Gasteiger partial charge is 0.306 e. The largest absolute Gasteiger partial charge is 0.466 e. The Morgan fingerprint density at radius 2 is 1.89 bits per heavy atom. The number of hydrogen-bond acceptors (Lipinski definition) is 5. The van der Waals surface area contributed by atoms with Crippen molar-refractivity contribution in [3.8, 4) is 0 Å². The van der Waals surface area contributed by atoms with Gasteiger partial charge in [0.1, 0.15) is 0 Å². The van der Waals surface area contributed by atoms with Crippen molar-refractivity contribution in [1.29, 1.82) is 0 Å². The number of aryl methyl sites for hydroxylation is 1. The molecule has 0 N–H and O–H groups in total. The monoisotopic (exact) mass is 395 g/mol. The third kappa shape index (κ3) is 7.72. The fraction of sp³-hybridized carbons (Fsp3) is 0.650. The molecule has 0 aliphatic rings. The maximum Gasteiger partial charge on any atom is 0.306 e. The van der Waals surface area contributed by atoms with Crippen LogP contribution in [0.2, 0.25) is 0 Å². The molecule has 0 saturated carbocycles. The standard InChI is InChI=1S/C20H33N3O5/c1-6-28-20(26)10-9-18(24)23(16(2)3)15-19(25)22(12-13-27-5)14-17-8-7-11-21(17)4/h7-8,11,16H,6,9-10,12-15H2,1-5H3. The zero-order chi connectivity index (χ0) is 21.1. The Labute approximate surface area is 167 Å². The molecule has 8 heteroatoms. The Balaban J connectivity index is 2.77. The normalized spacial score (nSPS) is 10.8. The van der Waals surface area contributed by atoms with Crippen molar-refractivity contribution >= 4 is 17.8 Å². The zero-order valence-electron chi connectivity index (χ0n) is 17.6. The van der Waals surface area contributed by atoms with Gasteiger partial charge in [0.25, 0.3) is 0 Å². The van der Waals surface area contributed by atoms with Crippen LogP contribution in [0.3, 0.4) is 0 Å². The highest BCUT2D eigenvalue weighted by Gasteiger charge is 2.24. The molecule has 1 aromatic rings. The van der Waals surface area contributed by atoms with E-state index in [0.29, 0.717) is 19.7 Å². The van der Waals surface area contributed by atoms with Crippen LogP contribution in [0.25, 0.3) is 0 Å². The van der Waals surface area contributed by atoms with Crippen molar-refractivity contribution in [3.63, 3.8) is 0 Å². The van der Waals surface area contributed by atoms with E-state index in [1.807, 2.05) is 43.8 Å². The van der Waals surface area contributed by atoms with Crippen molar-refractivity contribution < 1.29 is 23.9 Å². The van der Waals surface area contributed by atoms with Crippen LogP contribution in [0.5, 0.6) is 0 Å². The number of carbonyl (C=O) groups excluding carboxylic acids is 3. The second-order valence-electron chi connectivity index (χ2n) is 6.84. The van der Waals surface area contributed by atoms with Gasteiger partial charge in [0.2, 0.25) is 11.8 Å². The molecule has 0 saturated heterocycles. The van der Waals surface area contributed by atoms with Gasteiger partial charge in [-0.1, -0.05) is 0 Å². The molecule has 1 heterocycles. The van der Waals surface area contributed by atoms with Crippen molar-refractivity contribution in [2.24, 2.45) is 7.05 Å². The number of aromatic nitrogens is 1. The van der Waals surface area contributed by atoms with Gasteiger partial charge in [-0.3, -0.25) is 14.4 Å². The SMILES string of the molecule is CCOC(=O)CCC(=O)N(CC(=O)N(CCOC)Cc1cccn1C)C(C)C. The third-order valence-corrected chi connectivity index (χ3v) is 4.42. The Bertz CT molecular complexity index is 642. The maximum absolute atomic E-state index is 12.9. The second kappa shape index (κ2) is 12.2. The lowest BCUT2D eigenvalue weighted by atomic mass is 10.2. The van der Waals surface area contributed by atoms with Crippen LogP contribution < -0.4 is 0 Å². The van der Waals surface area contributed by atoms with Crippen molar-refractivity contribution in [1.82, 2.24) is 14.4 Å². The molecule has 0 unspecified atom stereocenters. The summed E-state index contributed by atoms with van der Waals surface area (Å²) in [5.41, 5.74) is 0.995. The first kappa shape index (κ1) is 23.7. The van der Waals surface area contributed by atoms with Crippen LogP contribution in [-0.4, -0.2) is 71.6 Å². The lowest BCUT2D eigenvalue weighted by molar-refractivity contribution is -0.147. The summed E-state index contributed by atoms with van der Waals surface area (Å²) < 4.78 is 11.9. The van der Waals surface area contributed by atoms with Crippen LogP contribution in [0.15, 0.2) is 18.3 Å². The van der Waals surface area contributed by atoms with Crippen molar-refractivity contribution in [3.05, 3.63) is 24.0 Å². The van der Waals surface area contributed by atoms with Gasteiger partial charge in [-0.15, -0.1) is 0 Å². The number of rotatable bonds is 12. The summed E-state index contributed by atoms with van der Waals surface area (Å²) >= 11 is 0. The molecule has 158 valence electrons. The van der Waals surface area contributed by atoms with Gasteiger partial charge in [0, 0.05) is 45.1 Å². The fourth-order valence-corrected chi connectivity index (χ4v) is 2.74. The van der Waals surface area contributed by atoms with Crippen LogP contribution in [0.1, 0.15) is 39.3 Å². The van der Waals surface area contributed by atoms with E-state index in [0.717, 1.165) is 5.69 Å². The van der Waals surface area contributed by atoms with Gasteiger partial charge in [0.15, 0.2) is 0 Å². The van der Waals surface area contributed by atoms with Gasteiger partial charge >= 0.3 is 5.97 Å². The molecule has 0 spiro atoms. The highest BCUT2D eigenvalue weighted by atomic mass is 16.5. The molecule has 0 aliphatic carbocycles. The number of ether oxygens (including phenoxy) is 2. The van der Waals surface area contributed by atoms with Gasteiger partial charge < -0.3 is 23.8 Å². The molecular weight excluding hydrogens is 362 g/mol. The Morgan fingerprint density at radius 1 is 1.18 bits per heavy atom. The zero-order valence-corrected chi connectivity index (χ0v) is 17.6. The van der Waals surface area contributed by atoms with Gasteiger partial charge in [-0.25, -0.2) is 0 Å². The van der Waals surface area contributed by atoms with E-state index >= 15 is 0 Å². The molecule has 0 bridgehead atoms. The highest BCUT2D eigenvalue weighted by Crippen LogP contribution is 2.10. The summed E-state index contributed by atoms with van der Waals surface area (Å²) in [6.45, 7) is 6.96. The predicted octanol–water partition coefficient (Wildman–Crippen LogP) is 1.58. The minimum Gasteiger partial charge on any atom is -0.466 e. The number of hydrogen-bond donors (Lipinski definition) is 0. The fourth-order valence-electron chi connectivity index (χ4n) is 2.74. The summed E-state index contributed by atoms with van der Waals surface area (Å²) in [4.78, 5) is 40.2. The Hall–Kier alpha value is -2.35. The topological polar surface area (TPSA) is 81.1 Å². The van der Waals surface area contributed by atoms with Crippen molar-refractivity contribution in [2.45, 2.75) is 46.2 Å². The number of nitrogens with zero attached hydrogens (tertiary/aromatic N) is 3. The first-order valence-electron chi connectivity index (χ1n) is 9.62. The van der Waals surface area contributed by atoms with Crippen molar-refractivity contribution in [2.75, 3.05) is 33.4 Å². The number of amides is 2. The first-order chi connectivity index (χ1) is 13.3. The maximum atomic E-state index is 12.9. The average molecular weight is 396 g/mol. The molecule has 0 radical (unpaired) electrons. The minimum absolute atomic E-state index is 0.0147. The number of carbonyl (C=O) groups is 3. The molecule has 0 fully saturated rings. The molecule has 2 amide bonds. The van der Waals surface area contributed by atoms with E-state index in [1.165, 1.54) is 4.90 Å².